The number of aromatic carboxylic acids is 1. The third kappa shape index (κ3) is 3.09. The average molecular weight is 308 g/mol. The number of carboxylic acid groups (broad SMARTS) is 1. The number of nitrogens with zero attached hydrogens (tertiary/aromatic N) is 2. The number of aryl methyl sites for hydroxylation is 1. The third-order valence-corrected chi connectivity index (χ3v) is 2.98. The molecule has 1 aromatic heterocycles. The number of halogens is 1. The minimum atomic E-state index is -1.26. The summed E-state index contributed by atoms with van der Waals surface area (Å²) in [4.78, 5) is 34.4. The molecule has 108 valence electrons. The minimum Gasteiger partial charge on any atom is -0.478 e. The zero-order valence-corrected chi connectivity index (χ0v) is 11.6. The van der Waals surface area contributed by atoms with Crippen molar-refractivity contribution in [3.8, 4) is 0 Å². The van der Waals surface area contributed by atoms with Crippen molar-refractivity contribution >= 4 is 29.2 Å². The predicted molar refractivity (Wildman–Crippen MR) is 75.8 cm³/mol. The first kappa shape index (κ1) is 14.7. The number of hydrogen-bond donors (Lipinski definition) is 2. The smallest absolute Gasteiger partial charge is 0.339 e. The molecule has 0 bridgehead atoms. The topological polar surface area (TPSA) is 101 Å². The molecule has 2 N–H and O–H groups in total. The molecule has 0 atom stereocenters. The molecular formula is C13H10ClN3O4. The molecule has 1 aromatic carbocycles. The number of benzene rings is 1. The number of aromatic nitrogens is 2. The van der Waals surface area contributed by atoms with Gasteiger partial charge in [-0.25, -0.2) is 9.48 Å². The van der Waals surface area contributed by atoms with Crippen LogP contribution in [-0.4, -0.2) is 26.8 Å². The number of carboxylic acids is 1. The Bertz CT molecular complexity index is 785. The van der Waals surface area contributed by atoms with Crippen LogP contribution in [0.4, 0.5) is 5.69 Å². The van der Waals surface area contributed by atoms with Crippen LogP contribution < -0.4 is 10.9 Å². The Labute approximate surface area is 123 Å². The Morgan fingerprint density at radius 1 is 1.29 bits per heavy atom. The van der Waals surface area contributed by atoms with Gasteiger partial charge in [-0.05, 0) is 18.2 Å². The molecule has 2 rings (SSSR count). The van der Waals surface area contributed by atoms with E-state index in [4.69, 9.17) is 16.7 Å². The van der Waals surface area contributed by atoms with E-state index < -0.39 is 11.9 Å². The lowest BCUT2D eigenvalue weighted by Crippen LogP contribution is -2.24. The summed E-state index contributed by atoms with van der Waals surface area (Å²) in [7, 11) is 1.40. The van der Waals surface area contributed by atoms with Crippen LogP contribution >= 0.6 is 11.6 Å². The van der Waals surface area contributed by atoms with E-state index in [0.717, 1.165) is 4.68 Å². The van der Waals surface area contributed by atoms with E-state index in [-0.39, 0.29) is 27.5 Å². The maximum atomic E-state index is 12.0. The van der Waals surface area contributed by atoms with Crippen LogP contribution in [0.15, 0.2) is 35.1 Å². The molecule has 0 fully saturated rings. The van der Waals surface area contributed by atoms with Crippen molar-refractivity contribution in [1.82, 2.24) is 9.78 Å². The monoisotopic (exact) mass is 307 g/mol. The van der Waals surface area contributed by atoms with E-state index in [1.807, 2.05) is 0 Å². The van der Waals surface area contributed by atoms with Gasteiger partial charge in [-0.15, -0.1) is 0 Å². The molecule has 0 unspecified atom stereocenters. The van der Waals surface area contributed by atoms with Crippen LogP contribution in [0.5, 0.6) is 0 Å². The summed E-state index contributed by atoms with van der Waals surface area (Å²) in [6.45, 7) is 0. The Morgan fingerprint density at radius 3 is 2.62 bits per heavy atom. The summed E-state index contributed by atoms with van der Waals surface area (Å²) in [6.07, 6.45) is 0. The van der Waals surface area contributed by atoms with Crippen molar-refractivity contribution in [2.24, 2.45) is 7.05 Å². The maximum Gasteiger partial charge on any atom is 0.339 e. The predicted octanol–water partition coefficient (Wildman–Crippen LogP) is 1.38. The Hall–Kier alpha value is -2.67. The Kier molecular flexibility index (Phi) is 4.04. The molecule has 0 aliphatic rings. The molecule has 0 saturated heterocycles. The Balaban J connectivity index is 2.36. The van der Waals surface area contributed by atoms with Gasteiger partial charge in [-0.2, -0.15) is 5.10 Å². The van der Waals surface area contributed by atoms with Gasteiger partial charge in [0.25, 0.3) is 11.5 Å². The molecule has 0 saturated carbocycles. The molecule has 8 heteroatoms. The van der Waals surface area contributed by atoms with Crippen LogP contribution in [0.3, 0.4) is 0 Å². The van der Waals surface area contributed by atoms with Crippen molar-refractivity contribution in [3.63, 3.8) is 0 Å². The van der Waals surface area contributed by atoms with Gasteiger partial charge in [0.15, 0.2) is 0 Å². The highest BCUT2D eigenvalue weighted by Gasteiger charge is 2.17. The summed E-state index contributed by atoms with van der Waals surface area (Å²) in [5.74, 6) is -1.90. The van der Waals surface area contributed by atoms with Crippen LogP contribution in [0.1, 0.15) is 20.8 Å². The molecular weight excluding hydrogens is 298 g/mol. The summed E-state index contributed by atoms with van der Waals surface area (Å²) in [5, 5.41) is 15.3. The molecule has 0 spiro atoms. The number of anilines is 1. The lowest BCUT2D eigenvalue weighted by molar-refractivity contribution is 0.0698. The minimum absolute atomic E-state index is 0.00807. The SMILES string of the molecule is Cn1nc(C(=O)Nc2cccc(Cl)c2C(=O)O)ccc1=O. The molecule has 21 heavy (non-hydrogen) atoms. The number of amides is 1. The quantitative estimate of drug-likeness (QED) is 0.892. The first-order valence-corrected chi connectivity index (χ1v) is 6.15. The summed E-state index contributed by atoms with van der Waals surface area (Å²) >= 11 is 5.81. The molecule has 0 aliphatic heterocycles. The second-order valence-corrected chi connectivity index (χ2v) is 4.51. The fourth-order valence-corrected chi connectivity index (χ4v) is 1.91. The standard InChI is InChI=1S/C13H10ClN3O4/c1-17-10(18)6-5-9(16-17)12(19)15-8-4-2-3-7(14)11(8)13(20)21/h2-6H,1H3,(H,15,19)(H,20,21). The van der Waals surface area contributed by atoms with E-state index in [2.05, 4.69) is 10.4 Å². The van der Waals surface area contributed by atoms with Gasteiger partial charge in [-0.1, -0.05) is 17.7 Å². The maximum absolute atomic E-state index is 12.0. The molecule has 2 aromatic rings. The van der Waals surface area contributed by atoms with Crippen LogP contribution in [-0.2, 0) is 7.05 Å². The molecule has 1 heterocycles. The summed E-state index contributed by atoms with van der Waals surface area (Å²) < 4.78 is 1.00. The fraction of sp³-hybridized carbons (Fsp3) is 0.0769. The lowest BCUT2D eigenvalue weighted by atomic mass is 10.1. The Morgan fingerprint density at radius 2 is 2.00 bits per heavy atom. The van der Waals surface area contributed by atoms with Gasteiger partial charge < -0.3 is 10.4 Å². The van der Waals surface area contributed by atoms with E-state index in [1.54, 1.807) is 0 Å². The summed E-state index contributed by atoms with van der Waals surface area (Å²) in [5.41, 5.74) is -0.540. The van der Waals surface area contributed by atoms with Crippen molar-refractivity contribution in [2.75, 3.05) is 5.32 Å². The van der Waals surface area contributed by atoms with Gasteiger partial charge >= 0.3 is 5.97 Å². The van der Waals surface area contributed by atoms with Gasteiger partial charge in [0.2, 0.25) is 0 Å². The number of carbonyl (C=O) groups excluding carboxylic acids is 1. The van der Waals surface area contributed by atoms with Crippen LogP contribution in [0.2, 0.25) is 5.02 Å². The highest BCUT2D eigenvalue weighted by atomic mass is 35.5. The van der Waals surface area contributed by atoms with Gasteiger partial charge in [0.05, 0.1) is 10.7 Å². The number of rotatable bonds is 3. The van der Waals surface area contributed by atoms with E-state index >= 15 is 0 Å². The van der Waals surface area contributed by atoms with Crippen molar-refractivity contribution in [3.05, 3.63) is 57.0 Å². The lowest BCUT2D eigenvalue weighted by Gasteiger charge is -2.09. The van der Waals surface area contributed by atoms with E-state index in [9.17, 15) is 14.4 Å². The normalized spacial score (nSPS) is 10.2. The first-order valence-electron chi connectivity index (χ1n) is 5.77. The van der Waals surface area contributed by atoms with E-state index in [0.29, 0.717) is 0 Å². The largest absolute Gasteiger partial charge is 0.478 e. The molecule has 1 amide bonds. The first-order chi connectivity index (χ1) is 9.90. The average Bonchev–Trinajstić information content (AvgIpc) is 2.41. The zero-order chi connectivity index (χ0) is 15.6. The highest BCUT2D eigenvalue weighted by molar-refractivity contribution is 6.34. The zero-order valence-electron chi connectivity index (χ0n) is 10.8. The van der Waals surface area contributed by atoms with E-state index in [1.165, 1.54) is 37.4 Å². The van der Waals surface area contributed by atoms with Gasteiger partial charge in [0.1, 0.15) is 11.3 Å². The fourth-order valence-electron chi connectivity index (χ4n) is 1.66. The number of nitrogens with one attached hydrogen (secondary N) is 1. The molecule has 0 aliphatic carbocycles. The number of hydrogen-bond acceptors (Lipinski definition) is 4. The van der Waals surface area contributed by atoms with Gasteiger partial charge in [-0.3, -0.25) is 9.59 Å². The second-order valence-electron chi connectivity index (χ2n) is 4.10. The second kappa shape index (κ2) is 5.76. The van der Waals surface area contributed by atoms with Gasteiger partial charge in [0, 0.05) is 13.1 Å². The molecule has 7 nitrogen and oxygen atoms in total. The molecule has 0 radical (unpaired) electrons. The van der Waals surface area contributed by atoms with Crippen LogP contribution in [0.25, 0.3) is 0 Å². The van der Waals surface area contributed by atoms with Crippen LogP contribution in [0, 0.1) is 0 Å². The van der Waals surface area contributed by atoms with Crippen molar-refractivity contribution in [1.29, 1.82) is 0 Å². The summed E-state index contributed by atoms with van der Waals surface area (Å²) in [6, 6.07) is 6.78. The number of carbonyl (C=O) groups is 2. The highest BCUT2D eigenvalue weighted by Crippen LogP contribution is 2.24. The van der Waals surface area contributed by atoms with Crippen molar-refractivity contribution in [2.45, 2.75) is 0 Å². The van der Waals surface area contributed by atoms with Crippen molar-refractivity contribution < 1.29 is 14.7 Å². The third-order valence-electron chi connectivity index (χ3n) is 2.67.